The van der Waals surface area contributed by atoms with Crippen LogP contribution in [0.25, 0.3) is 0 Å². The van der Waals surface area contributed by atoms with Crippen LogP contribution in [0, 0.1) is 0 Å². The molecule has 0 saturated carbocycles. The van der Waals surface area contributed by atoms with Crippen molar-refractivity contribution >= 4 is 29.3 Å². The van der Waals surface area contributed by atoms with Crippen LogP contribution < -0.4 is 14.8 Å². The van der Waals surface area contributed by atoms with Gasteiger partial charge in [0.05, 0.1) is 14.2 Å². The minimum Gasteiger partial charge on any atom is -0.493 e. The van der Waals surface area contributed by atoms with E-state index in [0.717, 1.165) is 16.0 Å². The van der Waals surface area contributed by atoms with Crippen molar-refractivity contribution < 1.29 is 14.3 Å². The SMILES string of the molecule is COc1ccc(CCNC(=O)[C@@H](Sc2ccc(Cl)cc2)c2ccccc2)cc1OC. The van der Waals surface area contributed by atoms with Gasteiger partial charge in [0, 0.05) is 16.5 Å². The zero-order valence-electron chi connectivity index (χ0n) is 16.9. The Bertz CT molecular complexity index is 964. The number of benzene rings is 3. The van der Waals surface area contributed by atoms with Crippen molar-refractivity contribution in [3.63, 3.8) is 0 Å². The van der Waals surface area contributed by atoms with E-state index in [4.69, 9.17) is 21.1 Å². The zero-order valence-corrected chi connectivity index (χ0v) is 18.5. The second-order valence-electron chi connectivity index (χ2n) is 6.59. The van der Waals surface area contributed by atoms with Crippen molar-refractivity contribution in [1.29, 1.82) is 0 Å². The van der Waals surface area contributed by atoms with Crippen molar-refractivity contribution in [2.45, 2.75) is 16.6 Å². The van der Waals surface area contributed by atoms with Crippen LogP contribution >= 0.6 is 23.4 Å². The molecular weight excluding hydrogens is 418 g/mol. The van der Waals surface area contributed by atoms with Gasteiger partial charge >= 0.3 is 0 Å². The van der Waals surface area contributed by atoms with Gasteiger partial charge in [-0.25, -0.2) is 0 Å². The molecule has 1 N–H and O–H groups in total. The van der Waals surface area contributed by atoms with Crippen LogP contribution in [0.1, 0.15) is 16.4 Å². The first-order valence-corrected chi connectivity index (χ1v) is 10.8. The maximum atomic E-state index is 13.0. The summed E-state index contributed by atoms with van der Waals surface area (Å²) in [6.45, 7) is 0.527. The molecule has 4 nitrogen and oxygen atoms in total. The Balaban J connectivity index is 1.67. The standard InChI is InChI=1S/C24H24ClNO3S/c1-28-21-13-8-17(16-22(21)29-2)14-15-26-24(27)23(18-6-4-3-5-7-18)30-20-11-9-19(25)10-12-20/h3-13,16,23H,14-15H2,1-2H3,(H,26,27)/t23-/m0/s1. The summed E-state index contributed by atoms with van der Waals surface area (Å²) in [5.74, 6) is 1.34. The molecular formula is C24H24ClNO3S. The summed E-state index contributed by atoms with van der Waals surface area (Å²) in [6.07, 6.45) is 0.694. The van der Waals surface area contributed by atoms with Crippen molar-refractivity contribution in [3.8, 4) is 11.5 Å². The maximum absolute atomic E-state index is 13.0. The molecule has 156 valence electrons. The van der Waals surface area contributed by atoms with Crippen LogP contribution in [0.2, 0.25) is 5.02 Å². The second kappa shape index (κ2) is 11.0. The molecule has 0 saturated heterocycles. The predicted molar refractivity (Wildman–Crippen MR) is 123 cm³/mol. The Hall–Kier alpha value is -2.63. The summed E-state index contributed by atoms with van der Waals surface area (Å²) in [6, 6.07) is 23.1. The fraction of sp³-hybridized carbons (Fsp3) is 0.208. The van der Waals surface area contributed by atoms with E-state index in [1.54, 1.807) is 14.2 Å². The molecule has 0 heterocycles. The first-order valence-electron chi connectivity index (χ1n) is 9.56. The average molecular weight is 442 g/mol. The minimum absolute atomic E-state index is 0.0263. The van der Waals surface area contributed by atoms with Gasteiger partial charge in [-0.05, 0) is 53.9 Å². The van der Waals surface area contributed by atoms with Gasteiger partial charge in [0.2, 0.25) is 5.91 Å². The number of thioether (sulfide) groups is 1. The number of amides is 1. The van der Waals surface area contributed by atoms with Crippen LogP contribution in [-0.2, 0) is 11.2 Å². The number of methoxy groups -OCH3 is 2. The summed E-state index contributed by atoms with van der Waals surface area (Å²) in [5, 5.41) is 3.40. The highest BCUT2D eigenvalue weighted by Gasteiger charge is 2.21. The van der Waals surface area contributed by atoms with E-state index in [9.17, 15) is 4.79 Å². The molecule has 0 aliphatic heterocycles. The smallest absolute Gasteiger partial charge is 0.238 e. The lowest BCUT2D eigenvalue weighted by atomic mass is 10.1. The van der Waals surface area contributed by atoms with Gasteiger partial charge in [-0.1, -0.05) is 48.0 Å². The number of hydrogen-bond acceptors (Lipinski definition) is 4. The average Bonchev–Trinajstić information content (AvgIpc) is 2.79. The Morgan fingerprint density at radius 2 is 1.67 bits per heavy atom. The Morgan fingerprint density at radius 1 is 0.967 bits per heavy atom. The lowest BCUT2D eigenvalue weighted by molar-refractivity contribution is -0.120. The van der Waals surface area contributed by atoms with Gasteiger partial charge < -0.3 is 14.8 Å². The van der Waals surface area contributed by atoms with Gasteiger partial charge in [-0.2, -0.15) is 0 Å². The first-order chi connectivity index (χ1) is 14.6. The predicted octanol–water partition coefficient (Wildman–Crippen LogP) is 5.55. The third kappa shape index (κ3) is 5.94. The Morgan fingerprint density at radius 3 is 2.33 bits per heavy atom. The van der Waals surface area contributed by atoms with E-state index in [1.165, 1.54) is 11.8 Å². The lowest BCUT2D eigenvalue weighted by Gasteiger charge is -2.17. The molecule has 0 aliphatic rings. The molecule has 0 fully saturated rings. The Labute approximate surface area is 186 Å². The highest BCUT2D eigenvalue weighted by molar-refractivity contribution is 8.00. The van der Waals surface area contributed by atoms with Crippen LogP contribution in [0.3, 0.4) is 0 Å². The van der Waals surface area contributed by atoms with Gasteiger partial charge in [0.1, 0.15) is 5.25 Å². The number of rotatable bonds is 9. The summed E-state index contributed by atoms with van der Waals surface area (Å²) in [4.78, 5) is 14.0. The number of carbonyl (C=O) groups is 1. The third-order valence-corrected chi connectivity index (χ3v) is 6.09. The summed E-state index contributed by atoms with van der Waals surface area (Å²) in [5.41, 5.74) is 2.02. The number of halogens is 1. The van der Waals surface area contributed by atoms with Crippen LogP contribution in [0.4, 0.5) is 0 Å². The van der Waals surface area contributed by atoms with Crippen molar-refractivity contribution in [1.82, 2.24) is 5.32 Å². The largest absolute Gasteiger partial charge is 0.493 e. The van der Waals surface area contributed by atoms with Crippen molar-refractivity contribution in [2.75, 3.05) is 20.8 Å². The zero-order chi connectivity index (χ0) is 21.3. The van der Waals surface area contributed by atoms with E-state index in [0.29, 0.717) is 29.5 Å². The van der Waals surface area contributed by atoms with Crippen molar-refractivity contribution in [3.05, 3.63) is 88.9 Å². The topological polar surface area (TPSA) is 47.6 Å². The quantitative estimate of drug-likeness (QED) is 0.442. The van der Waals surface area contributed by atoms with Crippen LogP contribution in [0.15, 0.2) is 77.7 Å². The van der Waals surface area contributed by atoms with E-state index in [-0.39, 0.29) is 11.2 Å². The third-order valence-electron chi connectivity index (χ3n) is 4.57. The number of nitrogens with one attached hydrogen (secondary N) is 1. The maximum Gasteiger partial charge on any atom is 0.238 e. The van der Waals surface area contributed by atoms with Gasteiger partial charge in [0.15, 0.2) is 11.5 Å². The molecule has 3 aromatic carbocycles. The monoisotopic (exact) mass is 441 g/mol. The molecule has 1 amide bonds. The van der Waals surface area contributed by atoms with Crippen molar-refractivity contribution in [2.24, 2.45) is 0 Å². The second-order valence-corrected chi connectivity index (χ2v) is 8.21. The number of hydrogen-bond donors (Lipinski definition) is 1. The van der Waals surface area contributed by atoms with E-state index in [1.807, 2.05) is 72.8 Å². The fourth-order valence-electron chi connectivity index (χ4n) is 3.01. The normalized spacial score (nSPS) is 11.6. The molecule has 0 bridgehead atoms. The molecule has 0 spiro atoms. The number of ether oxygens (including phenoxy) is 2. The van der Waals surface area contributed by atoms with Gasteiger partial charge in [0.25, 0.3) is 0 Å². The summed E-state index contributed by atoms with van der Waals surface area (Å²) >= 11 is 7.50. The molecule has 3 rings (SSSR count). The molecule has 0 aromatic heterocycles. The van der Waals surface area contributed by atoms with E-state index in [2.05, 4.69) is 5.32 Å². The highest BCUT2D eigenvalue weighted by Crippen LogP contribution is 2.36. The summed E-state index contributed by atoms with van der Waals surface area (Å²) < 4.78 is 10.6. The molecule has 0 unspecified atom stereocenters. The molecule has 0 aliphatic carbocycles. The van der Waals surface area contributed by atoms with Crippen LogP contribution in [-0.4, -0.2) is 26.7 Å². The molecule has 6 heteroatoms. The van der Waals surface area contributed by atoms with Gasteiger partial charge in [-0.15, -0.1) is 11.8 Å². The van der Waals surface area contributed by atoms with E-state index < -0.39 is 0 Å². The highest BCUT2D eigenvalue weighted by atomic mass is 35.5. The molecule has 30 heavy (non-hydrogen) atoms. The Kier molecular flexibility index (Phi) is 8.05. The van der Waals surface area contributed by atoms with Gasteiger partial charge in [-0.3, -0.25) is 4.79 Å². The van der Waals surface area contributed by atoms with E-state index >= 15 is 0 Å². The number of carbonyl (C=O) groups excluding carboxylic acids is 1. The summed E-state index contributed by atoms with van der Waals surface area (Å²) in [7, 11) is 3.22. The minimum atomic E-state index is -0.349. The molecule has 1 atom stereocenters. The lowest BCUT2D eigenvalue weighted by Crippen LogP contribution is -2.29. The molecule has 0 radical (unpaired) electrons. The van der Waals surface area contributed by atoms with Crippen LogP contribution in [0.5, 0.6) is 11.5 Å². The fourth-order valence-corrected chi connectivity index (χ4v) is 4.18. The molecule has 3 aromatic rings. The first kappa shape index (κ1) is 22.1.